The van der Waals surface area contributed by atoms with Crippen molar-refractivity contribution in [1.29, 1.82) is 0 Å². The predicted molar refractivity (Wildman–Crippen MR) is 87.5 cm³/mol. The minimum atomic E-state index is 0. The van der Waals surface area contributed by atoms with Gasteiger partial charge in [0.25, 0.3) is 0 Å². The van der Waals surface area contributed by atoms with Crippen molar-refractivity contribution < 1.29 is 9.53 Å². The molecule has 1 saturated carbocycles. The Kier molecular flexibility index (Phi) is 8.27. The molecule has 124 valence electrons. The van der Waals surface area contributed by atoms with Crippen LogP contribution in [-0.4, -0.2) is 61.8 Å². The van der Waals surface area contributed by atoms with E-state index in [4.69, 9.17) is 4.74 Å². The van der Waals surface area contributed by atoms with Crippen molar-refractivity contribution in [3.8, 4) is 0 Å². The molecule has 1 aliphatic carbocycles. The van der Waals surface area contributed by atoms with Crippen molar-refractivity contribution in [1.82, 2.24) is 15.5 Å². The number of piperidine rings is 1. The molecule has 1 unspecified atom stereocenters. The van der Waals surface area contributed by atoms with Gasteiger partial charge in [-0.15, -0.1) is 24.8 Å². The maximum atomic E-state index is 12.0. The van der Waals surface area contributed by atoms with E-state index in [1.165, 1.54) is 12.8 Å². The van der Waals surface area contributed by atoms with Crippen molar-refractivity contribution in [3.05, 3.63) is 0 Å². The molecule has 3 fully saturated rings. The molecule has 2 aliphatic heterocycles. The first-order valence-corrected chi connectivity index (χ1v) is 7.67. The molecule has 0 bridgehead atoms. The standard InChI is InChI=1S/C14H25N3O2.2ClH/c18-14(9-13-10-15-5-8-19-13)16-11-3-6-17(7-4-11)12-1-2-12;;/h11-13,15H,1-10H2,(H,16,18);2*1H. The quantitative estimate of drug-likeness (QED) is 0.800. The van der Waals surface area contributed by atoms with Crippen molar-refractivity contribution in [3.63, 3.8) is 0 Å². The minimum absolute atomic E-state index is 0. The first-order chi connectivity index (χ1) is 9.31. The van der Waals surface area contributed by atoms with Gasteiger partial charge in [-0.2, -0.15) is 0 Å². The summed E-state index contributed by atoms with van der Waals surface area (Å²) in [6.07, 6.45) is 5.51. The van der Waals surface area contributed by atoms with Crippen LogP contribution in [0.2, 0.25) is 0 Å². The number of halogens is 2. The van der Waals surface area contributed by atoms with E-state index < -0.39 is 0 Å². The highest BCUT2D eigenvalue weighted by molar-refractivity contribution is 5.85. The maximum Gasteiger partial charge on any atom is 0.222 e. The Hall–Kier alpha value is -0.0700. The van der Waals surface area contributed by atoms with Crippen LogP contribution in [0.5, 0.6) is 0 Å². The minimum Gasteiger partial charge on any atom is -0.375 e. The van der Waals surface area contributed by atoms with E-state index in [1.807, 2.05) is 0 Å². The van der Waals surface area contributed by atoms with Gasteiger partial charge in [-0.25, -0.2) is 0 Å². The van der Waals surface area contributed by atoms with E-state index in [-0.39, 0.29) is 36.8 Å². The van der Waals surface area contributed by atoms with Crippen LogP contribution < -0.4 is 10.6 Å². The zero-order chi connectivity index (χ0) is 13.1. The Morgan fingerprint density at radius 1 is 1.19 bits per heavy atom. The molecule has 1 amide bonds. The first-order valence-electron chi connectivity index (χ1n) is 7.67. The number of rotatable bonds is 4. The topological polar surface area (TPSA) is 53.6 Å². The van der Waals surface area contributed by atoms with E-state index in [0.717, 1.165) is 51.7 Å². The van der Waals surface area contributed by atoms with E-state index in [1.54, 1.807) is 0 Å². The van der Waals surface area contributed by atoms with Gasteiger partial charge in [0.15, 0.2) is 0 Å². The van der Waals surface area contributed by atoms with Gasteiger partial charge in [0.1, 0.15) is 0 Å². The molecular formula is C14H27Cl2N3O2. The number of amides is 1. The van der Waals surface area contributed by atoms with Crippen LogP contribution in [0.15, 0.2) is 0 Å². The number of nitrogens with one attached hydrogen (secondary N) is 2. The van der Waals surface area contributed by atoms with Gasteiger partial charge >= 0.3 is 0 Å². The van der Waals surface area contributed by atoms with Crippen LogP contribution in [0.3, 0.4) is 0 Å². The third kappa shape index (κ3) is 5.91. The lowest BCUT2D eigenvalue weighted by Crippen LogP contribution is -2.47. The molecule has 1 atom stereocenters. The second kappa shape index (κ2) is 9.16. The molecule has 0 aromatic carbocycles. The van der Waals surface area contributed by atoms with E-state index in [9.17, 15) is 4.79 Å². The van der Waals surface area contributed by atoms with E-state index >= 15 is 0 Å². The first kappa shape index (κ1) is 19.0. The monoisotopic (exact) mass is 339 g/mol. The highest BCUT2D eigenvalue weighted by atomic mass is 35.5. The lowest BCUT2D eigenvalue weighted by Gasteiger charge is -2.32. The average molecular weight is 340 g/mol. The van der Waals surface area contributed by atoms with Crippen LogP contribution in [-0.2, 0) is 9.53 Å². The second-order valence-electron chi connectivity index (χ2n) is 6.01. The predicted octanol–water partition coefficient (Wildman–Crippen LogP) is 0.952. The lowest BCUT2D eigenvalue weighted by molar-refractivity contribution is -0.125. The Labute approximate surface area is 139 Å². The number of ether oxygens (including phenoxy) is 1. The van der Waals surface area contributed by atoms with Crippen LogP contribution in [0.4, 0.5) is 0 Å². The fourth-order valence-electron chi connectivity index (χ4n) is 3.09. The summed E-state index contributed by atoms with van der Waals surface area (Å²) >= 11 is 0. The molecule has 0 aromatic heterocycles. The number of morpholine rings is 1. The van der Waals surface area contributed by atoms with Crippen molar-refractivity contribution >= 4 is 30.7 Å². The smallest absolute Gasteiger partial charge is 0.222 e. The maximum absolute atomic E-state index is 12.0. The van der Waals surface area contributed by atoms with Gasteiger partial charge < -0.3 is 20.3 Å². The van der Waals surface area contributed by atoms with Gasteiger partial charge in [-0.05, 0) is 25.7 Å². The number of carbonyl (C=O) groups excluding carboxylic acids is 1. The molecular weight excluding hydrogens is 313 g/mol. The number of hydrogen-bond acceptors (Lipinski definition) is 4. The summed E-state index contributed by atoms with van der Waals surface area (Å²) in [5, 5.41) is 6.43. The zero-order valence-electron chi connectivity index (χ0n) is 12.4. The number of hydrogen-bond donors (Lipinski definition) is 2. The number of nitrogens with zero attached hydrogens (tertiary/aromatic N) is 1. The SMILES string of the molecule is Cl.Cl.O=C(CC1CNCCO1)NC1CCN(C2CC2)CC1. The Morgan fingerprint density at radius 3 is 2.48 bits per heavy atom. The largest absolute Gasteiger partial charge is 0.375 e. The molecule has 0 aromatic rings. The normalized spacial score (nSPS) is 27.3. The van der Waals surface area contributed by atoms with Gasteiger partial charge in [0.2, 0.25) is 5.91 Å². The third-order valence-corrected chi connectivity index (χ3v) is 4.38. The van der Waals surface area contributed by atoms with Gasteiger partial charge in [-0.1, -0.05) is 0 Å². The highest BCUT2D eigenvalue weighted by Gasteiger charge is 2.32. The number of carbonyl (C=O) groups is 1. The van der Waals surface area contributed by atoms with Gasteiger partial charge in [0, 0.05) is 38.3 Å². The summed E-state index contributed by atoms with van der Waals surface area (Å²) in [6.45, 7) is 4.72. The molecule has 2 N–H and O–H groups in total. The molecule has 21 heavy (non-hydrogen) atoms. The summed E-state index contributed by atoms with van der Waals surface area (Å²) in [7, 11) is 0. The van der Waals surface area contributed by atoms with Crippen molar-refractivity contribution in [2.24, 2.45) is 0 Å². The van der Waals surface area contributed by atoms with Crippen LogP contribution in [0.1, 0.15) is 32.1 Å². The lowest BCUT2D eigenvalue weighted by atomic mass is 10.0. The molecule has 2 saturated heterocycles. The molecule has 2 heterocycles. The number of likely N-dealkylation sites (tertiary alicyclic amines) is 1. The zero-order valence-corrected chi connectivity index (χ0v) is 14.0. The molecule has 0 spiro atoms. The van der Waals surface area contributed by atoms with Crippen LogP contribution >= 0.6 is 24.8 Å². The van der Waals surface area contributed by atoms with E-state index in [2.05, 4.69) is 15.5 Å². The Morgan fingerprint density at radius 2 is 1.90 bits per heavy atom. The second-order valence-corrected chi connectivity index (χ2v) is 6.01. The van der Waals surface area contributed by atoms with Crippen molar-refractivity contribution in [2.75, 3.05) is 32.8 Å². The Bertz CT molecular complexity index is 315. The summed E-state index contributed by atoms with van der Waals surface area (Å²) in [4.78, 5) is 14.6. The summed E-state index contributed by atoms with van der Waals surface area (Å²) in [5.41, 5.74) is 0. The van der Waals surface area contributed by atoms with Gasteiger partial charge in [-0.3, -0.25) is 4.79 Å². The van der Waals surface area contributed by atoms with Crippen molar-refractivity contribution in [2.45, 2.75) is 50.3 Å². The van der Waals surface area contributed by atoms with Crippen LogP contribution in [0.25, 0.3) is 0 Å². The summed E-state index contributed by atoms with van der Waals surface area (Å²) < 4.78 is 5.56. The highest BCUT2D eigenvalue weighted by Crippen LogP contribution is 2.29. The van der Waals surface area contributed by atoms with Gasteiger partial charge in [0.05, 0.1) is 19.1 Å². The average Bonchev–Trinajstić information content (AvgIpc) is 3.25. The summed E-state index contributed by atoms with van der Waals surface area (Å²) in [5.74, 6) is 0.151. The molecule has 3 rings (SSSR count). The van der Waals surface area contributed by atoms with Crippen LogP contribution in [0, 0.1) is 0 Å². The fraction of sp³-hybridized carbons (Fsp3) is 0.929. The third-order valence-electron chi connectivity index (χ3n) is 4.38. The summed E-state index contributed by atoms with van der Waals surface area (Å²) in [6, 6.07) is 1.23. The fourth-order valence-corrected chi connectivity index (χ4v) is 3.09. The molecule has 3 aliphatic rings. The van der Waals surface area contributed by atoms with E-state index in [0.29, 0.717) is 12.5 Å². The molecule has 7 heteroatoms. The molecule has 5 nitrogen and oxygen atoms in total. The molecule has 0 radical (unpaired) electrons. The Balaban J connectivity index is 0.00000110.